The summed E-state index contributed by atoms with van der Waals surface area (Å²) >= 11 is 5.66. The molecule has 0 aliphatic rings. The van der Waals surface area contributed by atoms with E-state index in [1.807, 2.05) is 0 Å². The number of hydrogen-bond acceptors (Lipinski definition) is 3. The molecule has 0 aliphatic carbocycles. The molecule has 1 atom stereocenters. The molecule has 2 rings (SSSR count). The molecule has 0 aliphatic heterocycles. The Morgan fingerprint density at radius 2 is 1.78 bits per heavy atom. The van der Waals surface area contributed by atoms with Gasteiger partial charge in [0, 0.05) is 24.7 Å². The van der Waals surface area contributed by atoms with E-state index in [-0.39, 0.29) is 10.6 Å². The van der Waals surface area contributed by atoms with Crippen LogP contribution in [0.25, 0.3) is 0 Å². The fraction of sp³-hybridized carbons (Fsp3) is 0.176. The number of carbonyl (C=O) groups is 2. The summed E-state index contributed by atoms with van der Waals surface area (Å²) in [6.07, 6.45) is -1.14. The third-order valence-electron chi connectivity index (χ3n) is 3.14. The second-order valence-corrected chi connectivity index (χ2v) is 5.49. The number of nitrogens with zero attached hydrogens (tertiary/aromatic N) is 1. The summed E-state index contributed by atoms with van der Waals surface area (Å²) in [5.74, 6) is -2.14. The molecule has 0 bridgehead atoms. The normalized spacial score (nSPS) is 11.7. The van der Waals surface area contributed by atoms with Gasteiger partial charge < -0.3 is 9.64 Å². The highest BCUT2D eigenvalue weighted by atomic mass is 35.5. The first-order valence-corrected chi connectivity index (χ1v) is 7.20. The summed E-state index contributed by atoms with van der Waals surface area (Å²) in [5, 5.41) is 0.169. The molecule has 2 aromatic carbocycles. The van der Waals surface area contributed by atoms with E-state index in [9.17, 15) is 14.0 Å². The van der Waals surface area contributed by atoms with Gasteiger partial charge in [-0.3, -0.25) is 4.79 Å². The quantitative estimate of drug-likeness (QED) is 0.804. The Balaban J connectivity index is 2.30. The lowest BCUT2D eigenvalue weighted by atomic mass is 10.1. The number of halogens is 2. The number of rotatable bonds is 4. The lowest BCUT2D eigenvalue weighted by Gasteiger charge is -2.21. The minimum atomic E-state index is -1.14. The van der Waals surface area contributed by atoms with Gasteiger partial charge in [0.15, 0.2) is 0 Å². The number of likely N-dealkylation sites (N-methyl/N-ethyl adjacent to an activating group) is 1. The third kappa shape index (κ3) is 4.07. The largest absolute Gasteiger partial charge is 0.444 e. The first-order valence-electron chi connectivity index (χ1n) is 6.82. The molecule has 0 fully saturated rings. The lowest BCUT2D eigenvalue weighted by molar-refractivity contribution is -0.138. The smallest absolute Gasteiger partial charge is 0.342 e. The van der Waals surface area contributed by atoms with Gasteiger partial charge in [-0.05, 0) is 18.2 Å². The fourth-order valence-electron chi connectivity index (χ4n) is 1.95. The van der Waals surface area contributed by atoms with Crippen LogP contribution in [0.1, 0.15) is 22.0 Å². The van der Waals surface area contributed by atoms with Crippen LogP contribution in [0.15, 0.2) is 48.5 Å². The van der Waals surface area contributed by atoms with E-state index in [1.165, 1.54) is 17.0 Å². The van der Waals surface area contributed by atoms with Gasteiger partial charge in [-0.15, -0.1) is 0 Å². The second kappa shape index (κ2) is 7.24. The maximum Gasteiger partial charge on any atom is 0.342 e. The molecule has 0 radical (unpaired) electrons. The van der Waals surface area contributed by atoms with E-state index >= 15 is 0 Å². The van der Waals surface area contributed by atoms with Gasteiger partial charge in [-0.1, -0.05) is 41.9 Å². The number of benzene rings is 2. The molecule has 0 aromatic heterocycles. The average molecular weight is 336 g/mol. The lowest BCUT2D eigenvalue weighted by Crippen LogP contribution is -2.31. The number of amides is 1. The summed E-state index contributed by atoms with van der Waals surface area (Å²) in [7, 11) is 3.10. The van der Waals surface area contributed by atoms with Crippen molar-refractivity contribution in [3.63, 3.8) is 0 Å². The van der Waals surface area contributed by atoms with Gasteiger partial charge in [-0.25, -0.2) is 9.18 Å². The molecule has 4 nitrogen and oxygen atoms in total. The maximum absolute atomic E-state index is 13.8. The number of esters is 1. The number of hydrogen-bond donors (Lipinski definition) is 0. The van der Waals surface area contributed by atoms with Crippen LogP contribution < -0.4 is 0 Å². The zero-order chi connectivity index (χ0) is 17.0. The van der Waals surface area contributed by atoms with Crippen LogP contribution >= 0.6 is 11.6 Å². The van der Waals surface area contributed by atoms with Crippen LogP contribution in [0.3, 0.4) is 0 Å². The molecule has 0 heterocycles. The highest BCUT2D eigenvalue weighted by molar-refractivity contribution is 6.30. The molecule has 6 heteroatoms. The maximum atomic E-state index is 13.8. The predicted molar refractivity (Wildman–Crippen MR) is 84.7 cm³/mol. The number of ether oxygens (including phenoxy) is 1. The highest BCUT2D eigenvalue weighted by Gasteiger charge is 2.28. The molecular weight excluding hydrogens is 321 g/mol. The molecule has 0 spiro atoms. The summed E-state index contributed by atoms with van der Waals surface area (Å²) in [6, 6.07) is 12.2. The van der Waals surface area contributed by atoms with Crippen molar-refractivity contribution >= 4 is 23.5 Å². The van der Waals surface area contributed by atoms with E-state index < -0.39 is 23.8 Å². The van der Waals surface area contributed by atoms with Crippen molar-refractivity contribution in [1.29, 1.82) is 0 Å². The van der Waals surface area contributed by atoms with Crippen molar-refractivity contribution in [3.8, 4) is 0 Å². The Morgan fingerprint density at radius 3 is 2.35 bits per heavy atom. The number of carbonyl (C=O) groups excluding carboxylic acids is 2. The fourth-order valence-corrected chi connectivity index (χ4v) is 2.11. The van der Waals surface area contributed by atoms with Crippen LogP contribution in [0.4, 0.5) is 4.39 Å². The zero-order valence-electron chi connectivity index (χ0n) is 12.6. The standard InChI is InChI=1S/C17H15ClFNO3/c1-20(2)16(21)15(11-6-4-3-5-7-11)23-17(22)13-9-8-12(18)10-14(13)19/h3-10,15H,1-2H3/t15-/m1/s1. The van der Waals surface area contributed by atoms with Crippen molar-refractivity contribution < 1.29 is 18.7 Å². The second-order valence-electron chi connectivity index (χ2n) is 5.05. The summed E-state index contributed by atoms with van der Waals surface area (Å²) in [4.78, 5) is 25.8. The Kier molecular flexibility index (Phi) is 5.34. The molecule has 120 valence electrons. The van der Waals surface area contributed by atoms with Crippen LogP contribution in [0, 0.1) is 5.82 Å². The van der Waals surface area contributed by atoms with Gasteiger partial charge in [-0.2, -0.15) is 0 Å². The van der Waals surface area contributed by atoms with Gasteiger partial charge in [0.05, 0.1) is 5.56 Å². The van der Waals surface area contributed by atoms with Crippen LogP contribution in [0.2, 0.25) is 5.02 Å². The molecule has 0 saturated heterocycles. The molecule has 2 aromatic rings. The van der Waals surface area contributed by atoms with Crippen molar-refractivity contribution in [2.24, 2.45) is 0 Å². The molecule has 0 saturated carbocycles. The van der Waals surface area contributed by atoms with Gasteiger partial charge >= 0.3 is 5.97 Å². The minimum Gasteiger partial charge on any atom is -0.444 e. The van der Waals surface area contributed by atoms with Crippen LogP contribution in [0.5, 0.6) is 0 Å². The van der Waals surface area contributed by atoms with Gasteiger partial charge in [0.2, 0.25) is 6.10 Å². The molecular formula is C17H15ClFNO3. The van der Waals surface area contributed by atoms with Crippen molar-refractivity contribution in [2.75, 3.05) is 14.1 Å². The predicted octanol–water partition coefficient (Wildman–Crippen LogP) is 3.47. The molecule has 23 heavy (non-hydrogen) atoms. The van der Waals surface area contributed by atoms with Crippen molar-refractivity contribution in [2.45, 2.75) is 6.10 Å². The average Bonchev–Trinajstić information content (AvgIpc) is 2.52. The van der Waals surface area contributed by atoms with E-state index in [0.29, 0.717) is 5.56 Å². The van der Waals surface area contributed by atoms with E-state index in [2.05, 4.69) is 0 Å². The Labute approximate surface area is 138 Å². The first kappa shape index (κ1) is 17.0. The Bertz CT molecular complexity index is 719. The molecule has 0 N–H and O–H groups in total. The highest BCUT2D eigenvalue weighted by Crippen LogP contribution is 2.23. The topological polar surface area (TPSA) is 46.6 Å². The molecule has 0 unspecified atom stereocenters. The van der Waals surface area contributed by atoms with Crippen molar-refractivity contribution in [1.82, 2.24) is 4.90 Å². The summed E-state index contributed by atoms with van der Waals surface area (Å²) < 4.78 is 19.1. The summed E-state index contributed by atoms with van der Waals surface area (Å²) in [5.41, 5.74) is 0.232. The van der Waals surface area contributed by atoms with Crippen molar-refractivity contribution in [3.05, 3.63) is 70.5 Å². The van der Waals surface area contributed by atoms with E-state index in [0.717, 1.165) is 6.07 Å². The van der Waals surface area contributed by atoms with Gasteiger partial charge in [0.25, 0.3) is 5.91 Å². The minimum absolute atomic E-state index is 0.169. The van der Waals surface area contributed by atoms with E-state index in [1.54, 1.807) is 44.4 Å². The third-order valence-corrected chi connectivity index (χ3v) is 3.38. The monoisotopic (exact) mass is 335 g/mol. The zero-order valence-corrected chi connectivity index (χ0v) is 13.4. The van der Waals surface area contributed by atoms with Crippen LogP contribution in [-0.4, -0.2) is 30.9 Å². The first-order chi connectivity index (χ1) is 10.9. The van der Waals surface area contributed by atoms with E-state index in [4.69, 9.17) is 16.3 Å². The SMILES string of the molecule is CN(C)C(=O)[C@H](OC(=O)c1ccc(Cl)cc1F)c1ccccc1. The van der Waals surface area contributed by atoms with Gasteiger partial charge in [0.1, 0.15) is 5.82 Å². The summed E-state index contributed by atoms with van der Waals surface area (Å²) in [6.45, 7) is 0. The Hall–Kier alpha value is -2.40. The Morgan fingerprint density at radius 1 is 1.13 bits per heavy atom. The molecule has 1 amide bonds. The van der Waals surface area contributed by atoms with Crippen LogP contribution in [-0.2, 0) is 9.53 Å².